The molecule has 106 valence electrons. The van der Waals surface area contributed by atoms with Gasteiger partial charge in [-0.15, -0.1) is 0 Å². The quantitative estimate of drug-likeness (QED) is 0.734. The molecule has 2 rings (SSSR count). The summed E-state index contributed by atoms with van der Waals surface area (Å²) in [5.41, 5.74) is 1.37. The molecule has 0 amide bonds. The van der Waals surface area contributed by atoms with Gasteiger partial charge in [-0.05, 0) is 58.7 Å². The molecule has 3 nitrogen and oxygen atoms in total. The van der Waals surface area contributed by atoms with Crippen molar-refractivity contribution >= 4 is 59.2 Å². The maximum absolute atomic E-state index is 12.3. The normalized spacial score (nSPS) is 11.4. The lowest BCUT2D eigenvalue weighted by molar-refractivity contribution is 0.601. The summed E-state index contributed by atoms with van der Waals surface area (Å²) in [5.74, 6) is 0. The fraction of sp³-hybridized carbons (Fsp3) is 0.0769. The van der Waals surface area contributed by atoms with Crippen LogP contribution >= 0.6 is 43.5 Å². The van der Waals surface area contributed by atoms with E-state index in [-0.39, 0.29) is 4.90 Å². The molecule has 0 fully saturated rings. The highest BCUT2D eigenvalue weighted by Crippen LogP contribution is 2.28. The fourth-order valence-corrected chi connectivity index (χ4v) is 3.71. The van der Waals surface area contributed by atoms with Crippen LogP contribution in [0.1, 0.15) is 5.56 Å². The van der Waals surface area contributed by atoms with Gasteiger partial charge in [-0.3, -0.25) is 4.72 Å². The highest BCUT2D eigenvalue weighted by molar-refractivity contribution is 9.10. The van der Waals surface area contributed by atoms with Crippen molar-refractivity contribution in [3.05, 3.63) is 55.9 Å². The number of aryl methyl sites for hydroxylation is 1. The van der Waals surface area contributed by atoms with Crippen LogP contribution in [0.15, 0.2) is 50.2 Å². The third kappa shape index (κ3) is 3.55. The molecule has 0 aromatic heterocycles. The number of halogens is 3. The summed E-state index contributed by atoms with van der Waals surface area (Å²) in [6.45, 7) is 1.84. The average molecular weight is 440 g/mol. The smallest absolute Gasteiger partial charge is 0.261 e. The van der Waals surface area contributed by atoms with E-state index < -0.39 is 10.0 Å². The maximum Gasteiger partial charge on any atom is 0.261 e. The van der Waals surface area contributed by atoms with Crippen LogP contribution < -0.4 is 4.72 Å². The number of anilines is 1. The van der Waals surface area contributed by atoms with Crippen LogP contribution in [0, 0.1) is 6.92 Å². The van der Waals surface area contributed by atoms with E-state index in [1.54, 1.807) is 6.07 Å². The van der Waals surface area contributed by atoms with Crippen LogP contribution in [0.5, 0.6) is 0 Å². The molecule has 0 bridgehead atoms. The van der Waals surface area contributed by atoms with Gasteiger partial charge in [0.25, 0.3) is 10.0 Å². The number of hydrogen-bond acceptors (Lipinski definition) is 2. The summed E-state index contributed by atoms with van der Waals surface area (Å²) in [6.07, 6.45) is 0. The molecule has 0 unspecified atom stereocenters. The Bertz CT molecular complexity index is 763. The van der Waals surface area contributed by atoms with Crippen molar-refractivity contribution < 1.29 is 8.42 Å². The molecule has 7 heteroatoms. The molecule has 1 N–H and O–H groups in total. The Hall–Kier alpha value is -0.560. The molecule has 0 spiro atoms. The Morgan fingerprint density at radius 2 is 1.80 bits per heavy atom. The van der Waals surface area contributed by atoms with Gasteiger partial charge in [0.1, 0.15) is 0 Å². The second kappa shape index (κ2) is 6.05. The van der Waals surface area contributed by atoms with Crippen molar-refractivity contribution in [1.82, 2.24) is 0 Å². The minimum Gasteiger partial charge on any atom is -0.279 e. The predicted octanol–water partition coefficient (Wildman–Crippen LogP) is 4.97. The average Bonchev–Trinajstić information content (AvgIpc) is 2.36. The number of benzene rings is 2. The SMILES string of the molecule is Cc1ccc(Br)cc1NS(=O)(=O)c1ccc(Cl)c(Br)c1. The lowest BCUT2D eigenvalue weighted by Crippen LogP contribution is -2.13. The zero-order chi connectivity index (χ0) is 14.9. The standard InChI is InChI=1S/C13H10Br2ClNO2S/c1-8-2-3-9(14)6-13(8)17-20(18,19)10-4-5-12(16)11(15)7-10/h2-7,17H,1H3. The van der Waals surface area contributed by atoms with Crippen LogP contribution in [0.4, 0.5) is 5.69 Å². The Morgan fingerprint density at radius 3 is 2.45 bits per heavy atom. The van der Waals surface area contributed by atoms with Crippen LogP contribution in [-0.4, -0.2) is 8.42 Å². The first-order valence-corrected chi connectivity index (χ1v) is 8.98. The fourth-order valence-electron chi connectivity index (χ4n) is 1.55. The first kappa shape index (κ1) is 15.8. The summed E-state index contributed by atoms with van der Waals surface area (Å²) in [6, 6.07) is 9.87. The lowest BCUT2D eigenvalue weighted by Gasteiger charge is -2.11. The zero-order valence-corrected chi connectivity index (χ0v) is 15.1. The summed E-state index contributed by atoms with van der Waals surface area (Å²) >= 11 is 12.4. The van der Waals surface area contributed by atoms with Gasteiger partial charge in [0.15, 0.2) is 0 Å². The predicted molar refractivity (Wildman–Crippen MR) is 88.8 cm³/mol. The van der Waals surface area contributed by atoms with Crippen LogP contribution in [-0.2, 0) is 10.0 Å². The third-order valence-electron chi connectivity index (χ3n) is 2.65. The van der Waals surface area contributed by atoms with E-state index in [4.69, 9.17) is 11.6 Å². The first-order valence-electron chi connectivity index (χ1n) is 5.53. The molecule has 2 aromatic carbocycles. The molecule has 0 radical (unpaired) electrons. The Morgan fingerprint density at radius 1 is 1.10 bits per heavy atom. The second-order valence-corrected chi connectivity index (χ2v) is 8.00. The van der Waals surface area contributed by atoms with Crippen LogP contribution in [0.3, 0.4) is 0 Å². The van der Waals surface area contributed by atoms with E-state index in [1.807, 2.05) is 19.1 Å². The number of hydrogen-bond donors (Lipinski definition) is 1. The van der Waals surface area contributed by atoms with Crippen molar-refractivity contribution in [2.24, 2.45) is 0 Å². The number of rotatable bonds is 3. The summed E-state index contributed by atoms with van der Waals surface area (Å²) in [7, 11) is -3.65. The lowest BCUT2D eigenvalue weighted by atomic mass is 10.2. The molecule has 20 heavy (non-hydrogen) atoms. The maximum atomic E-state index is 12.3. The minimum atomic E-state index is -3.65. The van der Waals surface area contributed by atoms with Crippen LogP contribution in [0.25, 0.3) is 0 Å². The summed E-state index contributed by atoms with van der Waals surface area (Å²) in [5, 5.41) is 0.461. The molecule has 0 saturated heterocycles. The Labute approximate surface area is 139 Å². The Balaban J connectivity index is 2.40. The highest BCUT2D eigenvalue weighted by atomic mass is 79.9. The molecule has 2 aromatic rings. The minimum absolute atomic E-state index is 0.146. The van der Waals surface area contributed by atoms with Crippen molar-refractivity contribution in [2.75, 3.05) is 4.72 Å². The van der Waals surface area contributed by atoms with Gasteiger partial charge in [0.2, 0.25) is 0 Å². The number of nitrogens with one attached hydrogen (secondary N) is 1. The Kier molecular flexibility index (Phi) is 4.79. The largest absolute Gasteiger partial charge is 0.279 e. The molecular weight excluding hydrogens is 429 g/mol. The summed E-state index contributed by atoms with van der Waals surface area (Å²) in [4.78, 5) is 0.146. The van der Waals surface area contributed by atoms with E-state index in [2.05, 4.69) is 36.6 Å². The monoisotopic (exact) mass is 437 g/mol. The molecule has 0 saturated carbocycles. The molecular formula is C13H10Br2ClNO2S. The van der Waals surface area contributed by atoms with Crippen molar-refractivity contribution in [3.63, 3.8) is 0 Å². The van der Waals surface area contributed by atoms with E-state index in [0.29, 0.717) is 15.2 Å². The van der Waals surface area contributed by atoms with E-state index in [0.717, 1.165) is 10.0 Å². The van der Waals surface area contributed by atoms with Gasteiger partial charge in [-0.1, -0.05) is 33.6 Å². The third-order valence-corrected chi connectivity index (χ3v) is 5.72. The van der Waals surface area contributed by atoms with E-state index in [1.165, 1.54) is 18.2 Å². The van der Waals surface area contributed by atoms with E-state index in [9.17, 15) is 8.42 Å². The summed E-state index contributed by atoms with van der Waals surface area (Å²) < 4.78 is 28.6. The van der Waals surface area contributed by atoms with Gasteiger partial charge in [0, 0.05) is 8.95 Å². The molecule has 0 aliphatic heterocycles. The van der Waals surface area contributed by atoms with E-state index >= 15 is 0 Å². The molecule has 0 atom stereocenters. The van der Waals surface area contributed by atoms with Crippen molar-refractivity contribution in [3.8, 4) is 0 Å². The molecule has 0 aliphatic carbocycles. The van der Waals surface area contributed by atoms with Crippen LogP contribution in [0.2, 0.25) is 5.02 Å². The van der Waals surface area contributed by atoms with Gasteiger partial charge in [-0.2, -0.15) is 0 Å². The van der Waals surface area contributed by atoms with Gasteiger partial charge in [-0.25, -0.2) is 8.42 Å². The number of sulfonamides is 1. The second-order valence-electron chi connectivity index (χ2n) is 4.14. The highest BCUT2D eigenvalue weighted by Gasteiger charge is 2.16. The first-order chi connectivity index (χ1) is 9.29. The zero-order valence-electron chi connectivity index (χ0n) is 10.3. The van der Waals surface area contributed by atoms with Gasteiger partial charge in [0.05, 0.1) is 15.6 Å². The van der Waals surface area contributed by atoms with Crippen molar-refractivity contribution in [1.29, 1.82) is 0 Å². The van der Waals surface area contributed by atoms with Crippen molar-refractivity contribution in [2.45, 2.75) is 11.8 Å². The topological polar surface area (TPSA) is 46.2 Å². The van der Waals surface area contributed by atoms with Gasteiger partial charge >= 0.3 is 0 Å². The molecule has 0 heterocycles. The van der Waals surface area contributed by atoms with Gasteiger partial charge < -0.3 is 0 Å². The molecule has 0 aliphatic rings.